The number of aromatic nitrogens is 2. The van der Waals surface area contributed by atoms with Crippen molar-refractivity contribution in [1.29, 1.82) is 0 Å². The summed E-state index contributed by atoms with van der Waals surface area (Å²) in [6, 6.07) is 8.35. The topological polar surface area (TPSA) is 20.7 Å². The van der Waals surface area contributed by atoms with Gasteiger partial charge in [-0.05, 0) is 58.1 Å². The van der Waals surface area contributed by atoms with Crippen molar-refractivity contribution >= 4 is 50.5 Å². The molecule has 0 spiro atoms. The molecule has 18 heavy (non-hydrogen) atoms. The van der Waals surface area contributed by atoms with Gasteiger partial charge >= 0.3 is 0 Å². The molecule has 3 rings (SSSR count). The monoisotopic (exact) mass is 338 g/mol. The van der Waals surface area contributed by atoms with E-state index >= 15 is 0 Å². The Labute approximate surface area is 122 Å². The third kappa shape index (κ3) is 1.96. The van der Waals surface area contributed by atoms with E-state index in [4.69, 9.17) is 12.2 Å². The molecule has 2 nitrogen and oxygen atoms in total. The Morgan fingerprint density at radius 1 is 1.39 bits per heavy atom. The van der Waals surface area contributed by atoms with E-state index in [2.05, 4.69) is 62.1 Å². The van der Waals surface area contributed by atoms with E-state index < -0.39 is 0 Å². The van der Waals surface area contributed by atoms with Crippen LogP contribution in [0.25, 0.3) is 11.0 Å². The van der Waals surface area contributed by atoms with Gasteiger partial charge in [-0.3, -0.25) is 0 Å². The molecule has 0 unspecified atom stereocenters. The second-order valence-electron chi connectivity index (χ2n) is 4.18. The molecule has 0 fully saturated rings. The normalized spacial score (nSPS) is 11.2. The van der Waals surface area contributed by atoms with Gasteiger partial charge in [-0.2, -0.15) is 0 Å². The first-order chi connectivity index (χ1) is 8.66. The fourth-order valence-corrected chi connectivity index (χ4v) is 3.79. The van der Waals surface area contributed by atoms with E-state index in [1.54, 1.807) is 11.3 Å². The minimum absolute atomic E-state index is 0.777. The van der Waals surface area contributed by atoms with Crippen molar-refractivity contribution < 1.29 is 0 Å². The highest BCUT2D eigenvalue weighted by Gasteiger charge is 2.09. The minimum Gasteiger partial charge on any atom is -0.330 e. The van der Waals surface area contributed by atoms with E-state index in [1.807, 2.05) is 0 Å². The van der Waals surface area contributed by atoms with Crippen LogP contribution in [0.15, 0.2) is 34.1 Å². The number of fused-ring (bicyclic) bond motifs is 1. The molecule has 1 aromatic carbocycles. The van der Waals surface area contributed by atoms with Gasteiger partial charge in [0.15, 0.2) is 4.77 Å². The number of nitrogens with zero attached hydrogens (tertiary/aromatic N) is 1. The van der Waals surface area contributed by atoms with Crippen molar-refractivity contribution in [1.82, 2.24) is 9.55 Å². The number of benzene rings is 1. The van der Waals surface area contributed by atoms with Gasteiger partial charge in [0, 0.05) is 9.35 Å². The number of halogens is 1. The van der Waals surface area contributed by atoms with Gasteiger partial charge in [0.25, 0.3) is 0 Å². The lowest BCUT2D eigenvalue weighted by Gasteiger charge is -2.03. The molecule has 2 aromatic heterocycles. The zero-order valence-electron chi connectivity index (χ0n) is 9.74. The van der Waals surface area contributed by atoms with Crippen LogP contribution in [0, 0.1) is 11.7 Å². The number of nitrogens with one attached hydrogen (secondary N) is 1. The van der Waals surface area contributed by atoms with Gasteiger partial charge in [-0.25, -0.2) is 0 Å². The van der Waals surface area contributed by atoms with Crippen molar-refractivity contribution in [3.63, 3.8) is 0 Å². The maximum absolute atomic E-state index is 5.43. The van der Waals surface area contributed by atoms with Gasteiger partial charge in [-0.15, -0.1) is 11.3 Å². The van der Waals surface area contributed by atoms with Crippen LogP contribution in [0.1, 0.15) is 10.4 Å². The SMILES string of the molecule is Cc1cccc2c1[nH]c(=S)n2Cc1sccc1Br. The van der Waals surface area contributed by atoms with Crippen molar-refractivity contribution in [2.24, 2.45) is 0 Å². The summed E-state index contributed by atoms with van der Waals surface area (Å²) in [7, 11) is 0. The number of imidazole rings is 1. The Morgan fingerprint density at radius 3 is 2.94 bits per heavy atom. The van der Waals surface area contributed by atoms with Crippen molar-refractivity contribution in [2.75, 3.05) is 0 Å². The average molecular weight is 339 g/mol. The van der Waals surface area contributed by atoms with E-state index in [1.165, 1.54) is 16.0 Å². The fourth-order valence-electron chi connectivity index (χ4n) is 2.06. The van der Waals surface area contributed by atoms with Crippen LogP contribution in [0.3, 0.4) is 0 Å². The molecule has 0 aliphatic heterocycles. The van der Waals surface area contributed by atoms with Crippen LogP contribution in [0.5, 0.6) is 0 Å². The number of aromatic amines is 1. The molecule has 0 aliphatic carbocycles. The first-order valence-electron chi connectivity index (χ1n) is 5.57. The molecule has 0 aliphatic rings. The molecule has 0 amide bonds. The van der Waals surface area contributed by atoms with Gasteiger partial charge in [0.05, 0.1) is 17.6 Å². The minimum atomic E-state index is 0.777. The second-order valence-corrected chi connectivity index (χ2v) is 6.42. The molecule has 0 radical (unpaired) electrons. The molecule has 5 heteroatoms. The first-order valence-corrected chi connectivity index (χ1v) is 7.65. The number of hydrogen-bond donors (Lipinski definition) is 1. The van der Waals surface area contributed by atoms with E-state index in [9.17, 15) is 0 Å². The number of rotatable bonds is 2. The lowest BCUT2D eigenvalue weighted by molar-refractivity contribution is 0.821. The molecule has 0 bridgehead atoms. The zero-order chi connectivity index (χ0) is 12.7. The summed E-state index contributed by atoms with van der Waals surface area (Å²) in [5.74, 6) is 0. The maximum Gasteiger partial charge on any atom is 0.178 e. The van der Waals surface area contributed by atoms with Crippen molar-refractivity contribution in [2.45, 2.75) is 13.5 Å². The predicted octanol–water partition coefficient (Wildman–Crippen LogP) is 4.88. The van der Waals surface area contributed by atoms with Crippen LogP contribution in [-0.2, 0) is 6.54 Å². The molecule has 0 saturated heterocycles. The zero-order valence-corrected chi connectivity index (χ0v) is 13.0. The molecule has 2 heterocycles. The number of para-hydroxylation sites is 1. The molecule has 0 atom stereocenters. The third-order valence-electron chi connectivity index (χ3n) is 3.01. The summed E-state index contributed by atoms with van der Waals surface area (Å²) in [6.07, 6.45) is 0. The van der Waals surface area contributed by atoms with Crippen LogP contribution in [-0.4, -0.2) is 9.55 Å². The Balaban J connectivity index is 2.18. The highest BCUT2D eigenvalue weighted by atomic mass is 79.9. The summed E-state index contributed by atoms with van der Waals surface area (Å²) < 4.78 is 4.07. The summed E-state index contributed by atoms with van der Waals surface area (Å²) in [6.45, 7) is 2.90. The highest BCUT2D eigenvalue weighted by Crippen LogP contribution is 2.26. The van der Waals surface area contributed by atoms with E-state index in [0.717, 1.165) is 21.3 Å². The first kappa shape index (κ1) is 12.1. The Bertz CT molecular complexity index is 767. The number of thiophene rings is 1. The van der Waals surface area contributed by atoms with Crippen molar-refractivity contribution in [3.8, 4) is 0 Å². The van der Waals surface area contributed by atoms with Crippen LogP contribution < -0.4 is 0 Å². The van der Waals surface area contributed by atoms with Crippen molar-refractivity contribution in [3.05, 3.63) is 49.3 Å². The Kier molecular flexibility index (Phi) is 3.13. The predicted molar refractivity (Wildman–Crippen MR) is 83.0 cm³/mol. The molecule has 0 saturated carbocycles. The Hall–Kier alpha value is -0.910. The average Bonchev–Trinajstić information content (AvgIpc) is 2.87. The lowest BCUT2D eigenvalue weighted by atomic mass is 10.2. The highest BCUT2D eigenvalue weighted by molar-refractivity contribution is 9.10. The standard InChI is InChI=1S/C13H11BrN2S2/c1-8-3-2-4-10-12(8)15-13(17)16(10)7-11-9(14)5-6-18-11/h2-6H,7H2,1H3,(H,15,17). The molecule has 92 valence electrons. The second kappa shape index (κ2) is 4.64. The molecule has 3 aromatic rings. The van der Waals surface area contributed by atoms with Gasteiger partial charge < -0.3 is 9.55 Å². The van der Waals surface area contributed by atoms with Gasteiger partial charge in [0.2, 0.25) is 0 Å². The summed E-state index contributed by atoms with van der Waals surface area (Å²) in [5, 5.41) is 2.09. The number of hydrogen-bond acceptors (Lipinski definition) is 2. The summed E-state index contributed by atoms with van der Waals surface area (Å²) >= 11 is 10.7. The molecular formula is C13H11BrN2S2. The maximum atomic E-state index is 5.43. The summed E-state index contributed by atoms with van der Waals surface area (Å²) in [4.78, 5) is 4.58. The summed E-state index contributed by atoms with van der Waals surface area (Å²) in [5.41, 5.74) is 3.53. The smallest absolute Gasteiger partial charge is 0.178 e. The van der Waals surface area contributed by atoms with E-state index in [0.29, 0.717) is 0 Å². The fraction of sp³-hybridized carbons (Fsp3) is 0.154. The number of aryl methyl sites for hydroxylation is 1. The Morgan fingerprint density at radius 2 is 2.22 bits per heavy atom. The lowest BCUT2D eigenvalue weighted by Crippen LogP contribution is -1.98. The number of H-pyrrole nitrogens is 1. The van der Waals surface area contributed by atoms with Gasteiger partial charge in [-0.1, -0.05) is 12.1 Å². The molecule has 1 N–H and O–H groups in total. The van der Waals surface area contributed by atoms with Crippen LogP contribution in [0.4, 0.5) is 0 Å². The van der Waals surface area contributed by atoms with Gasteiger partial charge in [0.1, 0.15) is 0 Å². The third-order valence-corrected chi connectivity index (χ3v) is 5.24. The molecular weight excluding hydrogens is 328 g/mol. The quantitative estimate of drug-likeness (QED) is 0.660. The van der Waals surface area contributed by atoms with E-state index in [-0.39, 0.29) is 0 Å². The van der Waals surface area contributed by atoms with Crippen LogP contribution in [0.2, 0.25) is 0 Å². The largest absolute Gasteiger partial charge is 0.330 e. The van der Waals surface area contributed by atoms with Crippen LogP contribution >= 0.6 is 39.5 Å².